The number of rotatable bonds is 14. The van der Waals surface area contributed by atoms with Crippen LogP contribution in [0.15, 0.2) is 10.3 Å². The largest absolute Gasteiger partial charge is 0.410 e. The molecule has 0 atom stereocenters. The summed E-state index contributed by atoms with van der Waals surface area (Å²) in [5.74, 6) is 0. The first-order valence-electron chi connectivity index (χ1n) is 8.17. The van der Waals surface area contributed by atoms with E-state index in [1.54, 1.807) is 0 Å². The van der Waals surface area contributed by atoms with Crippen molar-refractivity contribution in [1.82, 2.24) is 0 Å². The summed E-state index contributed by atoms with van der Waals surface area (Å²) in [7, 11) is -8.89. The summed E-state index contributed by atoms with van der Waals surface area (Å²) >= 11 is 0. The van der Waals surface area contributed by atoms with Gasteiger partial charge in [-0.1, -0.05) is 55.3 Å². The number of hydrogen-bond acceptors (Lipinski definition) is 6. The van der Waals surface area contributed by atoms with Crippen molar-refractivity contribution in [2.75, 3.05) is 0 Å². The molecule has 0 bridgehead atoms. The van der Waals surface area contributed by atoms with Gasteiger partial charge in [-0.2, -0.15) is 0 Å². The van der Waals surface area contributed by atoms with Gasteiger partial charge in [0, 0.05) is 12.8 Å². The topological polar surface area (TPSA) is 180 Å². The average Bonchev–Trinajstić information content (AvgIpc) is 2.49. The molecule has 0 aliphatic rings. The summed E-state index contributed by atoms with van der Waals surface area (Å²) < 4.78 is 21.8. The average molecular weight is 402 g/mol. The lowest BCUT2D eigenvalue weighted by Gasteiger charge is -2.06. The highest BCUT2D eigenvalue weighted by Gasteiger charge is 2.23. The summed E-state index contributed by atoms with van der Waals surface area (Å²) in [5, 5.41) is 22.4. The van der Waals surface area contributed by atoms with Crippen molar-refractivity contribution in [3.8, 4) is 0 Å². The third-order valence-electron chi connectivity index (χ3n) is 3.70. The van der Waals surface area contributed by atoms with Crippen LogP contribution in [0.25, 0.3) is 0 Å². The molecule has 0 aromatic carbocycles. The quantitative estimate of drug-likeness (QED) is 0.0842. The lowest BCUT2D eigenvalue weighted by atomic mass is 10.1. The maximum absolute atomic E-state index is 10.9. The molecule has 0 fully saturated rings. The first-order chi connectivity index (χ1) is 11.6. The Bertz CT molecular complexity index is 480. The van der Waals surface area contributed by atoms with E-state index in [0.717, 1.165) is 44.9 Å². The highest BCUT2D eigenvalue weighted by molar-refractivity contribution is 7.70. The van der Waals surface area contributed by atoms with Crippen LogP contribution >= 0.6 is 15.2 Å². The summed E-state index contributed by atoms with van der Waals surface area (Å²) in [6, 6.07) is 0. The summed E-state index contributed by atoms with van der Waals surface area (Å²) in [6.45, 7) is 0. The van der Waals surface area contributed by atoms with Gasteiger partial charge in [-0.15, -0.1) is 0 Å². The van der Waals surface area contributed by atoms with Crippen LogP contribution in [-0.4, -0.2) is 40.9 Å². The zero-order valence-corrected chi connectivity index (χ0v) is 15.9. The number of oxime groups is 2. The summed E-state index contributed by atoms with van der Waals surface area (Å²) in [4.78, 5) is 35.5. The van der Waals surface area contributed by atoms with E-state index in [-0.39, 0.29) is 12.8 Å². The number of hydrogen-bond donors (Lipinski definition) is 6. The van der Waals surface area contributed by atoms with Crippen LogP contribution in [0.4, 0.5) is 0 Å². The fourth-order valence-corrected chi connectivity index (χ4v) is 3.44. The van der Waals surface area contributed by atoms with E-state index in [1.165, 1.54) is 0 Å². The molecule has 0 saturated carbocycles. The Morgan fingerprint density at radius 3 is 1.00 bits per heavy atom. The van der Waals surface area contributed by atoms with Crippen LogP contribution in [0.5, 0.6) is 0 Å². The Hall–Kier alpha value is -0.760. The first kappa shape index (κ1) is 24.2. The zero-order valence-electron chi connectivity index (χ0n) is 14.1. The highest BCUT2D eigenvalue weighted by Crippen LogP contribution is 2.39. The normalized spacial score (nSPS) is 14.1. The van der Waals surface area contributed by atoms with E-state index < -0.39 is 26.1 Å². The zero-order chi connectivity index (χ0) is 19.3. The summed E-state index contributed by atoms with van der Waals surface area (Å²) in [6.07, 6.45) is 7.63. The Kier molecular flexibility index (Phi) is 12.2. The van der Waals surface area contributed by atoms with Crippen LogP contribution in [0.3, 0.4) is 0 Å². The summed E-state index contributed by atoms with van der Waals surface area (Å²) in [5.41, 5.74) is -0.956. The number of nitrogens with zero attached hydrogens (tertiary/aromatic N) is 2. The van der Waals surface area contributed by atoms with Gasteiger partial charge in [0.05, 0.1) is 0 Å². The van der Waals surface area contributed by atoms with Crippen molar-refractivity contribution in [1.29, 1.82) is 0 Å². The van der Waals surface area contributed by atoms with E-state index in [2.05, 4.69) is 10.3 Å². The SMILES string of the molecule is O=P(O)(O)C(CCCCCCCCCCCC(=NO)P(=O)(O)O)=NO. The molecule has 0 aromatic heterocycles. The molecular formula is C13H28N2O8P2. The lowest BCUT2D eigenvalue weighted by Crippen LogP contribution is -1.99. The van der Waals surface area contributed by atoms with Crippen LogP contribution in [0, 0.1) is 0 Å². The van der Waals surface area contributed by atoms with E-state index in [1.807, 2.05) is 0 Å². The predicted octanol–water partition coefficient (Wildman–Crippen LogP) is 3.21. The number of unbranched alkanes of at least 4 members (excludes halogenated alkanes) is 8. The smallest absolute Gasteiger partial charge is 0.373 e. The van der Waals surface area contributed by atoms with Gasteiger partial charge in [0.15, 0.2) is 10.9 Å². The van der Waals surface area contributed by atoms with Crippen molar-refractivity contribution >= 4 is 26.1 Å². The molecule has 0 rings (SSSR count). The van der Waals surface area contributed by atoms with Gasteiger partial charge < -0.3 is 30.0 Å². The van der Waals surface area contributed by atoms with Crippen molar-refractivity contribution in [3.63, 3.8) is 0 Å². The van der Waals surface area contributed by atoms with E-state index in [4.69, 9.17) is 30.0 Å². The second-order valence-corrected chi connectivity index (χ2v) is 9.01. The van der Waals surface area contributed by atoms with Crippen molar-refractivity contribution in [2.24, 2.45) is 10.3 Å². The van der Waals surface area contributed by atoms with Crippen molar-refractivity contribution < 1.29 is 39.1 Å². The molecule has 0 aromatic rings. The molecular weight excluding hydrogens is 374 g/mol. The minimum Gasteiger partial charge on any atom is -0.410 e. The minimum absolute atomic E-state index is 0.0785. The second kappa shape index (κ2) is 12.6. The monoisotopic (exact) mass is 402 g/mol. The Morgan fingerprint density at radius 2 is 0.800 bits per heavy atom. The fraction of sp³-hybridized carbons (Fsp3) is 0.846. The lowest BCUT2D eigenvalue weighted by molar-refractivity contribution is 0.314. The molecule has 0 aliphatic carbocycles. The fourth-order valence-electron chi connectivity index (χ4n) is 2.31. The highest BCUT2D eigenvalue weighted by atomic mass is 31.2. The van der Waals surface area contributed by atoms with Crippen molar-refractivity contribution in [2.45, 2.75) is 70.6 Å². The molecule has 0 unspecified atom stereocenters. The van der Waals surface area contributed by atoms with E-state index in [9.17, 15) is 9.13 Å². The van der Waals surface area contributed by atoms with Gasteiger partial charge in [0.1, 0.15) is 0 Å². The molecule has 0 heterocycles. The van der Waals surface area contributed by atoms with Crippen molar-refractivity contribution in [3.05, 3.63) is 0 Å². The molecule has 6 N–H and O–H groups in total. The van der Waals surface area contributed by atoms with Crippen LogP contribution in [-0.2, 0) is 9.13 Å². The maximum atomic E-state index is 10.9. The molecule has 0 saturated heterocycles. The van der Waals surface area contributed by atoms with E-state index in [0.29, 0.717) is 12.8 Å². The molecule has 25 heavy (non-hydrogen) atoms. The van der Waals surface area contributed by atoms with Gasteiger partial charge in [-0.05, 0) is 12.8 Å². The third kappa shape index (κ3) is 12.3. The first-order valence-corrected chi connectivity index (χ1v) is 11.4. The predicted molar refractivity (Wildman–Crippen MR) is 93.3 cm³/mol. The van der Waals surface area contributed by atoms with Gasteiger partial charge >= 0.3 is 15.2 Å². The van der Waals surface area contributed by atoms with Crippen LogP contribution in [0.1, 0.15) is 70.6 Å². The second-order valence-electron chi connectivity index (χ2n) is 5.80. The molecule has 0 aliphatic heterocycles. The molecule has 10 nitrogen and oxygen atoms in total. The van der Waals surface area contributed by atoms with Gasteiger partial charge in [0.2, 0.25) is 0 Å². The minimum atomic E-state index is -4.45. The standard InChI is InChI=1S/C13H28N2O8P2/c16-14-12(24(18,19)20)10-8-6-4-2-1-3-5-7-9-11-13(15-17)25(21,22)23/h16-17H,1-11H2,(H2,18,19,20)(H2,21,22,23). The molecule has 0 spiro atoms. The van der Waals surface area contributed by atoms with Gasteiger partial charge in [-0.25, -0.2) is 0 Å². The van der Waals surface area contributed by atoms with Gasteiger partial charge in [-0.3, -0.25) is 9.13 Å². The molecule has 0 radical (unpaired) electrons. The third-order valence-corrected chi connectivity index (χ3v) is 5.68. The molecule has 12 heteroatoms. The van der Waals surface area contributed by atoms with Gasteiger partial charge in [0.25, 0.3) is 0 Å². The van der Waals surface area contributed by atoms with E-state index >= 15 is 0 Å². The Morgan fingerprint density at radius 1 is 0.560 bits per heavy atom. The Labute approximate surface area is 147 Å². The molecule has 148 valence electrons. The Balaban J connectivity index is 3.57. The van der Waals surface area contributed by atoms with Crippen LogP contribution < -0.4 is 0 Å². The molecule has 0 amide bonds. The maximum Gasteiger partial charge on any atom is 0.373 e. The van der Waals surface area contributed by atoms with Crippen LogP contribution in [0.2, 0.25) is 0 Å².